The van der Waals surface area contributed by atoms with Crippen molar-refractivity contribution < 1.29 is 14.3 Å². The van der Waals surface area contributed by atoms with Gasteiger partial charge in [0.05, 0.1) is 19.1 Å². The van der Waals surface area contributed by atoms with Gasteiger partial charge in [-0.3, -0.25) is 14.5 Å². The number of para-hydroxylation sites is 1. The van der Waals surface area contributed by atoms with E-state index in [1.54, 1.807) is 0 Å². The minimum Gasteiger partial charge on any atom is -0.379 e. The maximum Gasteiger partial charge on any atom is 0.228 e. The Hall–Kier alpha value is -1.92. The normalized spacial score (nSPS) is 22.8. The fourth-order valence-electron chi connectivity index (χ4n) is 3.21. The van der Waals surface area contributed by atoms with Gasteiger partial charge < -0.3 is 15.4 Å². The highest BCUT2D eigenvalue weighted by molar-refractivity contribution is 6.01. The summed E-state index contributed by atoms with van der Waals surface area (Å²) in [5.74, 6) is -0.593. The number of ether oxygens (including phenoxy) is 1. The number of hydrogen-bond donors (Lipinski definition) is 2. The van der Waals surface area contributed by atoms with Crippen molar-refractivity contribution in [3.8, 4) is 0 Å². The molecular formula is C17H23N3O3. The van der Waals surface area contributed by atoms with E-state index in [1.165, 1.54) is 0 Å². The van der Waals surface area contributed by atoms with Crippen molar-refractivity contribution >= 4 is 17.5 Å². The van der Waals surface area contributed by atoms with Crippen molar-refractivity contribution in [2.45, 2.75) is 25.3 Å². The lowest BCUT2D eigenvalue weighted by atomic mass is 9.89. The summed E-state index contributed by atoms with van der Waals surface area (Å²) in [7, 11) is 0. The summed E-state index contributed by atoms with van der Waals surface area (Å²) < 4.78 is 5.33. The van der Waals surface area contributed by atoms with Crippen LogP contribution < -0.4 is 10.6 Å². The van der Waals surface area contributed by atoms with Crippen LogP contribution in [0.1, 0.15) is 24.8 Å². The van der Waals surface area contributed by atoms with Crippen LogP contribution in [0.2, 0.25) is 0 Å². The summed E-state index contributed by atoms with van der Waals surface area (Å²) >= 11 is 0. The summed E-state index contributed by atoms with van der Waals surface area (Å²) in [6, 6.07) is 7.54. The van der Waals surface area contributed by atoms with Crippen molar-refractivity contribution in [1.29, 1.82) is 0 Å². The summed E-state index contributed by atoms with van der Waals surface area (Å²) in [5.41, 5.74) is 1.63. The Morgan fingerprint density at radius 3 is 2.91 bits per heavy atom. The Bertz CT molecular complexity index is 584. The van der Waals surface area contributed by atoms with Gasteiger partial charge in [0.2, 0.25) is 11.8 Å². The van der Waals surface area contributed by atoms with Crippen molar-refractivity contribution in [1.82, 2.24) is 10.2 Å². The molecule has 0 unspecified atom stereocenters. The number of carbonyl (C=O) groups excluding carboxylic acids is 2. The predicted molar refractivity (Wildman–Crippen MR) is 87.3 cm³/mol. The highest BCUT2D eigenvalue weighted by atomic mass is 16.5. The van der Waals surface area contributed by atoms with E-state index in [2.05, 4.69) is 15.5 Å². The first-order chi connectivity index (χ1) is 11.1. The molecule has 2 aliphatic heterocycles. The lowest BCUT2D eigenvalue weighted by molar-refractivity contribution is -0.127. The number of rotatable bonds is 4. The number of hydrogen-bond acceptors (Lipinski definition) is 4. The molecule has 0 spiro atoms. The molecule has 2 heterocycles. The molecule has 6 nitrogen and oxygen atoms in total. The predicted octanol–water partition coefficient (Wildman–Crippen LogP) is 0.949. The quantitative estimate of drug-likeness (QED) is 0.867. The second kappa shape index (κ2) is 7.10. The molecule has 0 aromatic heterocycles. The largest absolute Gasteiger partial charge is 0.379 e. The first-order valence-electron chi connectivity index (χ1n) is 8.13. The van der Waals surface area contributed by atoms with Crippen LogP contribution in [0.5, 0.6) is 0 Å². The minimum absolute atomic E-state index is 0.0396. The molecule has 1 fully saturated rings. The highest BCUT2D eigenvalue weighted by Gasteiger charge is 2.31. The zero-order chi connectivity index (χ0) is 16.2. The zero-order valence-electron chi connectivity index (χ0n) is 13.4. The Morgan fingerprint density at radius 1 is 1.39 bits per heavy atom. The third-order valence-corrected chi connectivity index (χ3v) is 4.34. The van der Waals surface area contributed by atoms with Crippen LogP contribution in [0.25, 0.3) is 0 Å². The Morgan fingerprint density at radius 2 is 2.13 bits per heavy atom. The van der Waals surface area contributed by atoms with E-state index in [-0.39, 0.29) is 24.3 Å². The van der Waals surface area contributed by atoms with Gasteiger partial charge in [0.25, 0.3) is 0 Å². The van der Waals surface area contributed by atoms with E-state index in [4.69, 9.17) is 4.74 Å². The molecule has 2 N–H and O–H groups in total. The summed E-state index contributed by atoms with van der Waals surface area (Å²) in [4.78, 5) is 26.7. The Labute approximate surface area is 136 Å². The fraction of sp³-hybridized carbons (Fsp3) is 0.529. The van der Waals surface area contributed by atoms with Gasteiger partial charge in [-0.25, -0.2) is 0 Å². The van der Waals surface area contributed by atoms with Crippen LogP contribution in [-0.2, 0) is 14.3 Å². The lowest BCUT2D eigenvalue weighted by Gasteiger charge is -2.31. The van der Waals surface area contributed by atoms with Crippen LogP contribution in [-0.4, -0.2) is 55.6 Å². The smallest absolute Gasteiger partial charge is 0.228 e. The average molecular weight is 317 g/mol. The van der Waals surface area contributed by atoms with E-state index in [9.17, 15) is 9.59 Å². The Balaban J connectivity index is 1.62. The molecule has 2 atom stereocenters. The second-order valence-corrected chi connectivity index (χ2v) is 6.21. The van der Waals surface area contributed by atoms with Gasteiger partial charge in [0.15, 0.2) is 0 Å². The van der Waals surface area contributed by atoms with Gasteiger partial charge in [-0.05, 0) is 18.6 Å². The third kappa shape index (κ3) is 3.89. The summed E-state index contributed by atoms with van der Waals surface area (Å²) in [5, 5.41) is 5.88. The van der Waals surface area contributed by atoms with Gasteiger partial charge in [-0.15, -0.1) is 0 Å². The first-order valence-corrected chi connectivity index (χ1v) is 8.13. The van der Waals surface area contributed by atoms with Crippen molar-refractivity contribution in [2.75, 3.05) is 38.2 Å². The van der Waals surface area contributed by atoms with E-state index < -0.39 is 5.92 Å². The maximum atomic E-state index is 12.6. The fourth-order valence-corrected chi connectivity index (χ4v) is 3.21. The number of morpholine rings is 1. The molecule has 3 rings (SSSR count). The summed E-state index contributed by atoms with van der Waals surface area (Å²) in [6.45, 7) is 6.09. The number of anilines is 1. The minimum atomic E-state index is -0.410. The van der Waals surface area contributed by atoms with Gasteiger partial charge in [0.1, 0.15) is 0 Å². The molecule has 0 radical (unpaired) electrons. The van der Waals surface area contributed by atoms with Crippen LogP contribution in [0.4, 0.5) is 5.69 Å². The van der Waals surface area contributed by atoms with Crippen LogP contribution >= 0.6 is 0 Å². The molecule has 6 heteroatoms. The molecule has 0 bridgehead atoms. The molecule has 23 heavy (non-hydrogen) atoms. The van der Waals surface area contributed by atoms with Crippen LogP contribution in [0.3, 0.4) is 0 Å². The molecular weight excluding hydrogens is 294 g/mol. The topological polar surface area (TPSA) is 70.7 Å². The van der Waals surface area contributed by atoms with Gasteiger partial charge in [-0.1, -0.05) is 18.2 Å². The number of nitrogens with zero attached hydrogens (tertiary/aromatic N) is 1. The van der Waals surface area contributed by atoms with Gasteiger partial charge >= 0.3 is 0 Å². The molecule has 2 amide bonds. The third-order valence-electron chi connectivity index (χ3n) is 4.34. The maximum absolute atomic E-state index is 12.6. The molecule has 124 valence electrons. The molecule has 1 saturated heterocycles. The highest BCUT2D eigenvalue weighted by Crippen LogP contribution is 2.32. The van der Waals surface area contributed by atoms with Crippen molar-refractivity contribution in [3.05, 3.63) is 29.8 Å². The number of nitrogens with one attached hydrogen (secondary N) is 2. The Kier molecular flexibility index (Phi) is 4.93. The number of fused-ring (bicyclic) bond motifs is 1. The van der Waals surface area contributed by atoms with Crippen molar-refractivity contribution in [2.24, 2.45) is 0 Å². The summed E-state index contributed by atoms with van der Waals surface area (Å²) in [6.07, 6.45) is 0.202. The molecule has 1 aromatic rings. The van der Waals surface area contributed by atoms with Crippen molar-refractivity contribution in [3.63, 3.8) is 0 Å². The van der Waals surface area contributed by atoms with Crippen LogP contribution in [0, 0.1) is 0 Å². The second-order valence-electron chi connectivity index (χ2n) is 6.21. The van der Waals surface area contributed by atoms with E-state index in [1.807, 2.05) is 31.2 Å². The van der Waals surface area contributed by atoms with E-state index in [0.717, 1.165) is 44.1 Å². The number of amides is 2. The standard InChI is InChI=1S/C17H23N3O3/c1-12(11-20-6-8-23-9-7-20)18-17(22)14-10-16(21)19-15-5-3-2-4-13(14)15/h2-5,12,14H,6-11H2,1H3,(H,18,22)(H,19,21)/t12-,14+/m0/s1. The van der Waals surface area contributed by atoms with Crippen LogP contribution in [0.15, 0.2) is 24.3 Å². The molecule has 2 aliphatic rings. The molecule has 0 aliphatic carbocycles. The van der Waals surface area contributed by atoms with E-state index >= 15 is 0 Å². The molecule has 1 aromatic carbocycles. The first kappa shape index (κ1) is 16.0. The lowest BCUT2D eigenvalue weighted by Crippen LogP contribution is -2.47. The van der Waals surface area contributed by atoms with Gasteiger partial charge in [0, 0.05) is 37.8 Å². The van der Waals surface area contributed by atoms with E-state index in [0.29, 0.717) is 0 Å². The average Bonchev–Trinajstić information content (AvgIpc) is 2.54. The zero-order valence-corrected chi connectivity index (χ0v) is 13.4. The molecule has 0 saturated carbocycles. The van der Waals surface area contributed by atoms with Gasteiger partial charge in [-0.2, -0.15) is 0 Å². The monoisotopic (exact) mass is 317 g/mol. The number of benzene rings is 1. The number of carbonyl (C=O) groups is 2. The SMILES string of the molecule is C[C@@H](CN1CCOCC1)NC(=O)[C@@H]1CC(=O)Nc2ccccc21.